The predicted octanol–water partition coefficient (Wildman–Crippen LogP) is 2.76. The number of hydrogen-bond donors (Lipinski definition) is 2. The van der Waals surface area contributed by atoms with Gasteiger partial charge in [-0.05, 0) is 25.2 Å². The maximum Gasteiger partial charge on any atom is 0.257 e. The Bertz CT molecular complexity index is 506. The number of hydrogen-bond acceptors (Lipinski definition) is 4. The van der Waals surface area contributed by atoms with Gasteiger partial charge in [-0.2, -0.15) is 0 Å². The highest BCUT2D eigenvalue weighted by atomic mass is 35.5. The van der Waals surface area contributed by atoms with Crippen LogP contribution in [0.4, 0.5) is 5.69 Å². The number of fused-ring (bicyclic) bond motifs is 1. The van der Waals surface area contributed by atoms with Crippen LogP contribution in [0.15, 0.2) is 17.0 Å². The van der Waals surface area contributed by atoms with Gasteiger partial charge < -0.3 is 15.3 Å². The van der Waals surface area contributed by atoms with Crippen LogP contribution in [-0.4, -0.2) is 41.3 Å². The molecule has 1 aliphatic rings. The molecule has 0 spiro atoms. The molecule has 110 valence electrons. The summed E-state index contributed by atoms with van der Waals surface area (Å²) in [5, 5.41) is 12.9. The number of aliphatic hydroxyl groups excluding tert-OH is 1. The number of rotatable bonds is 6. The number of amides is 1. The minimum atomic E-state index is -1.10. The van der Waals surface area contributed by atoms with Crippen LogP contribution in [0.2, 0.25) is 5.02 Å². The first-order valence-electron chi connectivity index (χ1n) is 6.74. The van der Waals surface area contributed by atoms with Gasteiger partial charge >= 0.3 is 0 Å². The molecule has 1 unspecified atom stereocenters. The van der Waals surface area contributed by atoms with Gasteiger partial charge in [0.1, 0.15) is 0 Å². The van der Waals surface area contributed by atoms with Gasteiger partial charge in [-0.1, -0.05) is 25.4 Å². The van der Waals surface area contributed by atoms with Crippen molar-refractivity contribution in [2.45, 2.75) is 24.8 Å². The number of carbonyl (C=O) groups is 1. The number of aliphatic hydroxyl groups is 1. The second kappa shape index (κ2) is 6.80. The summed E-state index contributed by atoms with van der Waals surface area (Å²) in [5.74, 6) is 0.554. The zero-order valence-corrected chi connectivity index (χ0v) is 13.2. The van der Waals surface area contributed by atoms with E-state index in [1.807, 2.05) is 6.07 Å². The Hall–Kier alpha value is -0.750. The van der Waals surface area contributed by atoms with E-state index in [1.54, 1.807) is 17.8 Å². The van der Waals surface area contributed by atoms with E-state index in [0.29, 0.717) is 16.3 Å². The van der Waals surface area contributed by atoms with Crippen molar-refractivity contribution in [3.8, 4) is 0 Å². The number of halogens is 1. The summed E-state index contributed by atoms with van der Waals surface area (Å²) in [6.07, 6.45) is -1.10. The molecule has 0 aromatic heterocycles. The number of benzene rings is 1. The Morgan fingerprint density at radius 1 is 1.40 bits per heavy atom. The third kappa shape index (κ3) is 3.28. The Labute approximate surface area is 128 Å². The number of nitrogens with one attached hydrogen (secondary N) is 1. The molecule has 6 heteroatoms. The number of thioether (sulfide) groups is 1. The van der Waals surface area contributed by atoms with Crippen LogP contribution in [0.5, 0.6) is 0 Å². The summed E-state index contributed by atoms with van der Waals surface area (Å²) in [6, 6.07) is 3.53. The molecule has 0 bridgehead atoms. The summed E-state index contributed by atoms with van der Waals surface area (Å²) >= 11 is 7.89. The molecular weight excluding hydrogens is 296 g/mol. The number of carbonyl (C=O) groups excluding carboxylic acids is 1. The van der Waals surface area contributed by atoms with Gasteiger partial charge in [0.15, 0.2) is 6.10 Å². The second-order valence-electron chi connectivity index (χ2n) is 4.64. The van der Waals surface area contributed by atoms with Crippen LogP contribution in [0.25, 0.3) is 0 Å². The summed E-state index contributed by atoms with van der Waals surface area (Å²) in [4.78, 5) is 14.7. The highest BCUT2D eigenvalue weighted by Crippen LogP contribution is 2.38. The van der Waals surface area contributed by atoms with E-state index in [0.717, 1.165) is 30.3 Å². The zero-order chi connectivity index (χ0) is 14.7. The van der Waals surface area contributed by atoms with Crippen LogP contribution >= 0.6 is 23.4 Å². The van der Waals surface area contributed by atoms with Crippen LogP contribution < -0.4 is 5.32 Å². The van der Waals surface area contributed by atoms with Crippen LogP contribution in [0.3, 0.4) is 0 Å². The van der Waals surface area contributed by atoms with E-state index < -0.39 is 6.10 Å². The molecule has 0 radical (unpaired) electrons. The Kier molecular flexibility index (Phi) is 5.32. The van der Waals surface area contributed by atoms with Crippen LogP contribution in [0, 0.1) is 0 Å². The fraction of sp³-hybridized carbons (Fsp3) is 0.500. The van der Waals surface area contributed by atoms with Crippen molar-refractivity contribution >= 4 is 35.0 Å². The summed E-state index contributed by atoms with van der Waals surface area (Å²) in [5.41, 5.74) is 1.23. The molecule has 4 nitrogen and oxygen atoms in total. The van der Waals surface area contributed by atoms with Crippen molar-refractivity contribution < 1.29 is 9.90 Å². The first kappa shape index (κ1) is 15.6. The van der Waals surface area contributed by atoms with E-state index in [1.165, 1.54) is 0 Å². The largest absolute Gasteiger partial charge is 0.378 e. The monoisotopic (exact) mass is 314 g/mol. The summed E-state index contributed by atoms with van der Waals surface area (Å²) in [7, 11) is 0. The molecule has 2 rings (SSSR count). The maximum absolute atomic E-state index is 11.4. The Morgan fingerprint density at radius 2 is 2.10 bits per heavy atom. The first-order valence-corrected chi connectivity index (χ1v) is 8.10. The van der Waals surface area contributed by atoms with Gasteiger partial charge in [-0.3, -0.25) is 4.79 Å². The topological polar surface area (TPSA) is 52.6 Å². The molecule has 1 aromatic rings. The first-order chi connectivity index (χ1) is 9.56. The van der Waals surface area contributed by atoms with E-state index in [9.17, 15) is 9.90 Å². The fourth-order valence-electron chi connectivity index (χ4n) is 2.18. The van der Waals surface area contributed by atoms with E-state index >= 15 is 0 Å². The lowest BCUT2D eigenvalue weighted by molar-refractivity contribution is -0.123. The third-order valence-electron chi connectivity index (χ3n) is 3.46. The van der Waals surface area contributed by atoms with Gasteiger partial charge in [0.05, 0.1) is 5.02 Å². The van der Waals surface area contributed by atoms with Crippen molar-refractivity contribution in [1.82, 2.24) is 4.90 Å². The van der Waals surface area contributed by atoms with Gasteiger partial charge in [-0.15, -0.1) is 11.8 Å². The van der Waals surface area contributed by atoms with Crippen LogP contribution in [-0.2, 0) is 4.79 Å². The van der Waals surface area contributed by atoms with E-state index in [4.69, 9.17) is 11.6 Å². The van der Waals surface area contributed by atoms with E-state index in [2.05, 4.69) is 24.1 Å². The minimum absolute atomic E-state index is 0.388. The van der Waals surface area contributed by atoms with E-state index in [-0.39, 0.29) is 5.91 Å². The molecular formula is C14H19ClN2O2S. The lowest BCUT2D eigenvalue weighted by Crippen LogP contribution is -2.25. The molecule has 20 heavy (non-hydrogen) atoms. The molecule has 1 amide bonds. The van der Waals surface area contributed by atoms with Crippen molar-refractivity contribution in [2.24, 2.45) is 0 Å². The van der Waals surface area contributed by atoms with Gasteiger partial charge in [0.25, 0.3) is 5.91 Å². The molecule has 1 atom stereocenters. The molecule has 1 heterocycles. The fourth-order valence-corrected chi connectivity index (χ4v) is 3.48. The average Bonchev–Trinajstić information content (AvgIpc) is 2.70. The standard InChI is InChI=1S/C14H19ClN2O2S/c1-3-17(4-2)5-6-20-12-8-11-9(7-10(12)15)13(18)14(19)16-11/h7-8,13,18H,3-6H2,1-2H3,(H,16,19). The summed E-state index contributed by atoms with van der Waals surface area (Å²) in [6.45, 7) is 7.37. The van der Waals surface area contributed by atoms with Gasteiger partial charge in [-0.25, -0.2) is 0 Å². The maximum atomic E-state index is 11.4. The van der Waals surface area contributed by atoms with Gasteiger partial charge in [0.2, 0.25) is 0 Å². The molecule has 0 fully saturated rings. The summed E-state index contributed by atoms with van der Waals surface area (Å²) < 4.78 is 0. The highest BCUT2D eigenvalue weighted by Gasteiger charge is 2.29. The van der Waals surface area contributed by atoms with Crippen molar-refractivity contribution in [3.05, 3.63) is 22.7 Å². The minimum Gasteiger partial charge on any atom is -0.378 e. The molecule has 0 saturated heterocycles. The lowest BCUT2D eigenvalue weighted by atomic mass is 10.1. The lowest BCUT2D eigenvalue weighted by Gasteiger charge is -2.17. The Morgan fingerprint density at radius 3 is 2.75 bits per heavy atom. The molecule has 1 aliphatic heterocycles. The zero-order valence-electron chi connectivity index (χ0n) is 11.6. The smallest absolute Gasteiger partial charge is 0.257 e. The van der Waals surface area contributed by atoms with Gasteiger partial charge in [0, 0.05) is 28.4 Å². The second-order valence-corrected chi connectivity index (χ2v) is 6.18. The van der Waals surface area contributed by atoms with Crippen LogP contribution in [0.1, 0.15) is 25.5 Å². The van der Waals surface area contributed by atoms with Crippen molar-refractivity contribution in [2.75, 3.05) is 30.7 Å². The van der Waals surface area contributed by atoms with Crippen molar-refractivity contribution in [1.29, 1.82) is 0 Å². The normalized spacial score (nSPS) is 17.4. The third-order valence-corrected chi connectivity index (χ3v) is 4.92. The highest BCUT2D eigenvalue weighted by molar-refractivity contribution is 7.99. The van der Waals surface area contributed by atoms with Crippen molar-refractivity contribution in [3.63, 3.8) is 0 Å². The average molecular weight is 315 g/mol. The molecule has 0 saturated carbocycles. The molecule has 1 aromatic carbocycles. The quantitative estimate of drug-likeness (QED) is 0.793. The molecule has 0 aliphatic carbocycles. The SMILES string of the molecule is CCN(CC)CCSc1cc2c(cc1Cl)C(O)C(=O)N2. The Balaban J connectivity index is 2.04. The number of nitrogens with zero attached hydrogens (tertiary/aromatic N) is 1. The predicted molar refractivity (Wildman–Crippen MR) is 83.6 cm³/mol. The number of anilines is 1. The molecule has 2 N–H and O–H groups in total.